The molecule has 0 unspecified atom stereocenters. The summed E-state index contributed by atoms with van der Waals surface area (Å²) in [5, 5.41) is 31.4. The highest BCUT2D eigenvalue weighted by Gasteiger charge is 2.34. The number of carboxylic acids is 1. The topological polar surface area (TPSA) is 358 Å². The molecule has 0 radical (unpaired) electrons. The minimum atomic E-state index is -1.56. The lowest BCUT2D eigenvalue weighted by molar-refractivity contribution is -0.142. The number of aliphatic carboxylic acids is 1. The Morgan fingerprint density at radius 1 is 0.617 bits per heavy atom. The third-order valence-corrected chi connectivity index (χ3v) is 6.67. The van der Waals surface area contributed by atoms with Crippen LogP contribution in [0.3, 0.4) is 0 Å². The van der Waals surface area contributed by atoms with Gasteiger partial charge < -0.3 is 65.5 Å². The van der Waals surface area contributed by atoms with Gasteiger partial charge in [-0.15, -0.1) is 0 Å². The molecule has 7 atom stereocenters. The number of hydrogen-bond acceptors (Lipinski definition) is 10. The van der Waals surface area contributed by atoms with Gasteiger partial charge in [-0.3, -0.25) is 38.8 Å². The van der Waals surface area contributed by atoms with Crippen molar-refractivity contribution in [1.29, 1.82) is 0 Å². The molecule has 268 valence electrons. The van der Waals surface area contributed by atoms with Gasteiger partial charge in [0.15, 0.2) is 11.9 Å². The number of aliphatic hydroxyl groups excluding tert-OH is 1. The van der Waals surface area contributed by atoms with Crippen molar-refractivity contribution < 1.29 is 39.0 Å². The minimum absolute atomic E-state index is 0.0707. The average Bonchev–Trinajstić information content (AvgIpc) is 2.96. The molecule has 0 bridgehead atoms. The van der Waals surface area contributed by atoms with E-state index in [-0.39, 0.29) is 44.3 Å². The first-order valence-corrected chi connectivity index (χ1v) is 15.1. The zero-order chi connectivity index (χ0) is 36.4. The van der Waals surface area contributed by atoms with Crippen LogP contribution in [-0.2, 0) is 28.8 Å². The number of carbonyl (C=O) groups is 6. The van der Waals surface area contributed by atoms with Crippen molar-refractivity contribution in [2.45, 2.75) is 103 Å². The Labute approximate surface area is 273 Å². The molecule has 0 aromatic heterocycles. The Bertz CT molecular complexity index is 1140. The quantitative estimate of drug-likeness (QED) is 0.0309. The minimum Gasteiger partial charge on any atom is -0.480 e. The zero-order valence-corrected chi connectivity index (χ0v) is 27.5. The van der Waals surface area contributed by atoms with Gasteiger partial charge in [0.2, 0.25) is 29.5 Å². The summed E-state index contributed by atoms with van der Waals surface area (Å²) in [6, 6.07) is -7.38. The number of amides is 5. The third-order valence-electron chi connectivity index (χ3n) is 6.67. The summed E-state index contributed by atoms with van der Waals surface area (Å²) in [4.78, 5) is 83.4. The van der Waals surface area contributed by atoms with E-state index >= 15 is 0 Å². The van der Waals surface area contributed by atoms with Crippen molar-refractivity contribution >= 4 is 47.4 Å². The molecule has 47 heavy (non-hydrogen) atoms. The second kappa shape index (κ2) is 21.1. The number of hydrogen-bond donors (Lipinski definition) is 12. The molecule has 0 rings (SSSR count). The smallest absolute Gasteiger partial charge is 0.325 e. The third kappa shape index (κ3) is 17.0. The van der Waals surface area contributed by atoms with Crippen molar-refractivity contribution in [1.82, 2.24) is 26.6 Å². The second-order valence-electron chi connectivity index (χ2n) is 11.3. The van der Waals surface area contributed by atoms with E-state index in [1.54, 1.807) is 13.8 Å². The first-order chi connectivity index (χ1) is 21.8. The van der Waals surface area contributed by atoms with Gasteiger partial charge in [0.05, 0.1) is 12.1 Å². The van der Waals surface area contributed by atoms with E-state index in [2.05, 4.69) is 36.6 Å². The molecule has 0 aliphatic rings. The van der Waals surface area contributed by atoms with E-state index in [1.807, 2.05) is 0 Å². The molecule has 0 aliphatic carbocycles. The molecule has 0 saturated carbocycles. The normalized spacial score (nSPS) is 15.3. The first-order valence-electron chi connectivity index (χ1n) is 15.1. The standard InChI is InChI=1S/C27H52N12O8/c1-12(2)18(23(44)36-14(4)25(46)47)38-24(45)19(15(5)40)39-20(41)13(3)35-22(43)17(9-7-11-34-27(31)32)37-21(42)16(28)8-6-10-33-26(29)30/h12-19,40H,6-11,28H2,1-5H3,(H,35,43)(H,36,44)(H,37,42)(H,38,45)(H,39,41)(H,46,47)(H4,29,30,33)(H4,31,32,34)/t13-,14-,15+,16-,17-,18-,19-/m0/s1. The summed E-state index contributed by atoms with van der Waals surface area (Å²) in [7, 11) is 0. The molecule has 0 fully saturated rings. The molecule has 17 N–H and O–H groups in total. The fourth-order valence-corrected chi connectivity index (χ4v) is 3.91. The zero-order valence-electron chi connectivity index (χ0n) is 27.5. The number of carbonyl (C=O) groups excluding carboxylic acids is 5. The largest absolute Gasteiger partial charge is 0.480 e. The van der Waals surface area contributed by atoms with E-state index in [9.17, 15) is 33.9 Å². The number of aliphatic imine (C=N–C) groups is 2. The van der Waals surface area contributed by atoms with Crippen molar-refractivity contribution in [3.05, 3.63) is 0 Å². The molecule has 0 heterocycles. The Morgan fingerprint density at radius 3 is 1.55 bits per heavy atom. The molecule has 0 saturated heterocycles. The monoisotopic (exact) mass is 672 g/mol. The van der Waals surface area contributed by atoms with Crippen LogP contribution in [0.1, 0.15) is 60.3 Å². The summed E-state index contributed by atoms with van der Waals surface area (Å²) in [6.45, 7) is 7.41. The van der Waals surface area contributed by atoms with E-state index in [0.29, 0.717) is 6.42 Å². The summed E-state index contributed by atoms with van der Waals surface area (Å²) < 4.78 is 0. The number of aliphatic hydroxyl groups is 1. The SMILES string of the molecule is CC(C)[C@H](NC(=O)[C@@H](NC(=O)[C@H](C)NC(=O)[C@H](CCCN=C(N)N)NC(=O)[C@@H](N)CCCN=C(N)N)[C@@H](C)O)C(=O)N[C@@H](C)C(=O)O. The van der Waals surface area contributed by atoms with Gasteiger partial charge in [-0.1, -0.05) is 13.8 Å². The maximum atomic E-state index is 13.2. The molecular formula is C27H52N12O8. The number of carboxylic acid groups (broad SMARTS) is 1. The number of guanidine groups is 2. The van der Waals surface area contributed by atoms with Gasteiger partial charge in [-0.25, -0.2) is 0 Å². The lowest BCUT2D eigenvalue weighted by atomic mass is 10.0. The van der Waals surface area contributed by atoms with Crippen LogP contribution < -0.4 is 55.3 Å². The van der Waals surface area contributed by atoms with Crippen LogP contribution in [0.2, 0.25) is 0 Å². The van der Waals surface area contributed by atoms with E-state index in [1.165, 1.54) is 20.8 Å². The van der Waals surface area contributed by atoms with Crippen LogP contribution in [0.15, 0.2) is 9.98 Å². The van der Waals surface area contributed by atoms with Gasteiger partial charge in [0.1, 0.15) is 30.2 Å². The van der Waals surface area contributed by atoms with Gasteiger partial charge in [0, 0.05) is 13.1 Å². The number of nitrogens with one attached hydrogen (secondary N) is 5. The fourth-order valence-electron chi connectivity index (χ4n) is 3.91. The summed E-state index contributed by atoms with van der Waals surface area (Å²) >= 11 is 0. The first kappa shape index (κ1) is 42.3. The number of nitrogens with zero attached hydrogens (tertiary/aromatic N) is 2. The molecule has 5 amide bonds. The molecule has 0 aromatic carbocycles. The maximum absolute atomic E-state index is 13.2. The average molecular weight is 673 g/mol. The van der Waals surface area contributed by atoms with E-state index < -0.39 is 83.8 Å². The summed E-state index contributed by atoms with van der Waals surface area (Å²) in [5.74, 6) is -6.00. The van der Waals surface area contributed by atoms with Crippen LogP contribution >= 0.6 is 0 Å². The highest BCUT2D eigenvalue weighted by Crippen LogP contribution is 2.06. The molecule has 0 spiro atoms. The van der Waals surface area contributed by atoms with Gasteiger partial charge >= 0.3 is 5.97 Å². The van der Waals surface area contributed by atoms with Crippen molar-refractivity contribution in [3.8, 4) is 0 Å². The lowest BCUT2D eigenvalue weighted by Gasteiger charge is -2.28. The van der Waals surface area contributed by atoms with Crippen LogP contribution in [0.25, 0.3) is 0 Å². The number of rotatable bonds is 21. The van der Waals surface area contributed by atoms with Crippen molar-refractivity contribution in [3.63, 3.8) is 0 Å². The summed E-state index contributed by atoms with van der Waals surface area (Å²) in [5.41, 5.74) is 27.2. The molecule has 0 aliphatic heterocycles. The molecule has 20 nitrogen and oxygen atoms in total. The Morgan fingerprint density at radius 2 is 1.09 bits per heavy atom. The lowest BCUT2D eigenvalue weighted by Crippen LogP contribution is -2.61. The van der Waals surface area contributed by atoms with Gasteiger partial charge in [-0.05, 0) is 52.4 Å². The van der Waals surface area contributed by atoms with Crippen LogP contribution in [0, 0.1) is 5.92 Å². The molecule has 0 aromatic rings. The Balaban J connectivity index is 5.59. The van der Waals surface area contributed by atoms with E-state index in [4.69, 9.17) is 33.8 Å². The highest BCUT2D eigenvalue weighted by atomic mass is 16.4. The second-order valence-corrected chi connectivity index (χ2v) is 11.3. The van der Waals surface area contributed by atoms with Crippen molar-refractivity contribution in [2.75, 3.05) is 13.1 Å². The highest BCUT2D eigenvalue weighted by molar-refractivity contribution is 5.96. The van der Waals surface area contributed by atoms with Crippen LogP contribution in [0.5, 0.6) is 0 Å². The van der Waals surface area contributed by atoms with Gasteiger partial charge in [0.25, 0.3) is 0 Å². The summed E-state index contributed by atoms with van der Waals surface area (Å²) in [6.07, 6.45) is -0.484. The van der Waals surface area contributed by atoms with Crippen molar-refractivity contribution in [2.24, 2.45) is 44.6 Å². The Hall–Kier alpha value is -4.72. The van der Waals surface area contributed by atoms with Crippen LogP contribution in [0.4, 0.5) is 0 Å². The maximum Gasteiger partial charge on any atom is 0.325 e. The van der Waals surface area contributed by atoms with E-state index in [0.717, 1.165) is 0 Å². The number of nitrogens with two attached hydrogens (primary N) is 5. The fraction of sp³-hybridized carbons (Fsp3) is 0.704. The molecular weight excluding hydrogens is 620 g/mol. The van der Waals surface area contributed by atoms with Gasteiger partial charge in [-0.2, -0.15) is 0 Å². The Kier molecular flexibility index (Phi) is 19.0. The predicted molar refractivity (Wildman–Crippen MR) is 173 cm³/mol. The van der Waals surface area contributed by atoms with Crippen LogP contribution in [-0.4, -0.2) is 113 Å². The molecule has 20 heteroatoms. The predicted octanol–water partition coefficient (Wildman–Crippen LogP) is -4.99.